The molecule has 0 N–H and O–H groups in total. The molecule has 5 nitrogen and oxygen atoms in total. The second-order valence-electron chi connectivity index (χ2n) is 5.13. The first-order chi connectivity index (χ1) is 11.0. The maximum atomic E-state index is 12.8. The van der Waals surface area contributed by atoms with Gasteiger partial charge in [-0.25, -0.2) is 9.78 Å². The van der Waals surface area contributed by atoms with Gasteiger partial charge in [0, 0.05) is 29.4 Å². The van der Waals surface area contributed by atoms with E-state index in [2.05, 4.69) is 4.98 Å². The van der Waals surface area contributed by atoms with Crippen molar-refractivity contribution in [1.29, 1.82) is 0 Å². The van der Waals surface area contributed by atoms with E-state index >= 15 is 0 Å². The molecule has 120 valence electrons. The molecule has 0 bridgehead atoms. The van der Waals surface area contributed by atoms with Crippen LogP contribution in [-0.4, -0.2) is 9.55 Å². The molecule has 0 radical (unpaired) electrons. The minimum atomic E-state index is -2.67. The highest BCUT2D eigenvalue weighted by molar-refractivity contribution is 5.84. The molecule has 2 aromatic heterocycles. The van der Waals surface area contributed by atoms with Crippen LogP contribution in [0.1, 0.15) is 23.5 Å². The van der Waals surface area contributed by atoms with E-state index in [-0.39, 0.29) is 12.4 Å². The van der Waals surface area contributed by atoms with E-state index in [0.717, 1.165) is 15.5 Å². The number of ether oxygens (including phenoxy) is 1. The second kappa shape index (κ2) is 5.83. The minimum Gasteiger partial charge on any atom is -0.485 e. The van der Waals surface area contributed by atoms with Gasteiger partial charge in [-0.05, 0) is 31.5 Å². The molecule has 23 heavy (non-hydrogen) atoms. The Kier molecular flexibility index (Phi) is 3.85. The van der Waals surface area contributed by atoms with E-state index < -0.39 is 12.2 Å². The summed E-state index contributed by atoms with van der Waals surface area (Å²) in [7, 11) is 0. The number of rotatable bonds is 4. The van der Waals surface area contributed by atoms with Crippen LogP contribution in [0.3, 0.4) is 0 Å². The summed E-state index contributed by atoms with van der Waals surface area (Å²) >= 11 is 0. The monoisotopic (exact) mass is 320 g/mol. The first-order valence-electron chi connectivity index (χ1n) is 6.94. The van der Waals surface area contributed by atoms with Crippen LogP contribution >= 0.6 is 0 Å². The lowest BCUT2D eigenvalue weighted by Crippen LogP contribution is -2.08. The topological polar surface area (TPSA) is 57.3 Å². The van der Waals surface area contributed by atoms with Crippen LogP contribution in [0.15, 0.2) is 39.8 Å². The number of nitrogens with zero attached hydrogens (tertiary/aromatic N) is 2. The second-order valence-corrected chi connectivity index (χ2v) is 5.13. The van der Waals surface area contributed by atoms with Crippen LogP contribution < -0.4 is 10.4 Å². The van der Waals surface area contributed by atoms with E-state index in [4.69, 9.17) is 9.15 Å². The molecule has 0 spiro atoms. The largest absolute Gasteiger partial charge is 0.485 e. The third-order valence-corrected chi connectivity index (χ3v) is 3.63. The number of hydrogen-bond acceptors (Lipinski definition) is 4. The molecular formula is C16H14F2N2O3. The molecule has 0 unspecified atom stereocenters. The van der Waals surface area contributed by atoms with Gasteiger partial charge in [0.2, 0.25) is 0 Å². The molecular weight excluding hydrogens is 306 g/mol. The average Bonchev–Trinajstić information content (AvgIpc) is 2.96. The predicted octanol–water partition coefficient (Wildman–Crippen LogP) is 3.58. The summed E-state index contributed by atoms with van der Waals surface area (Å²) < 4.78 is 37.1. The molecule has 0 atom stereocenters. The van der Waals surface area contributed by atoms with Crippen LogP contribution in [0, 0.1) is 13.8 Å². The van der Waals surface area contributed by atoms with Crippen LogP contribution in [-0.2, 0) is 6.61 Å². The van der Waals surface area contributed by atoms with Gasteiger partial charge in [0.1, 0.15) is 17.9 Å². The number of halogens is 2. The molecule has 0 aliphatic heterocycles. The van der Waals surface area contributed by atoms with Crippen molar-refractivity contribution in [2.24, 2.45) is 0 Å². The summed E-state index contributed by atoms with van der Waals surface area (Å²) in [6.45, 7) is 0.785. The number of fused-ring (bicyclic) bond motifs is 1. The van der Waals surface area contributed by atoms with Crippen molar-refractivity contribution in [3.05, 3.63) is 58.0 Å². The zero-order valence-electron chi connectivity index (χ0n) is 12.5. The molecule has 0 saturated heterocycles. The van der Waals surface area contributed by atoms with Crippen molar-refractivity contribution in [2.75, 3.05) is 0 Å². The Labute approximate surface area is 130 Å². The summed E-state index contributed by atoms with van der Waals surface area (Å²) in [5.74, 6) is 0.570. The highest BCUT2D eigenvalue weighted by Crippen LogP contribution is 2.28. The molecule has 3 rings (SSSR count). The Morgan fingerprint density at radius 1 is 1.35 bits per heavy atom. The fourth-order valence-corrected chi connectivity index (χ4v) is 2.43. The molecule has 7 heteroatoms. The van der Waals surface area contributed by atoms with Gasteiger partial charge in [-0.15, -0.1) is 0 Å². The number of benzene rings is 1. The number of aryl methyl sites for hydroxylation is 2. The number of hydrogen-bond donors (Lipinski definition) is 0. The van der Waals surface area contributed by atoms with Crippen molar-refractivity contribution < 1.29 is 17.9 Å². The van der Waals surface area contributed by atoms with E-state index in [1.165, 1.54) is 18.5 Å². The van der Waals surface area contributed by atoms with Gasteiger partial charge in [0.15, 0.2) is 5.82 Å². The SMILES string of the molecule is Cc1cc(=O)oc2c(C)c(OCc3nccn3C(F)F)ccc12. The molecule has 2 heterocycles. The highest BCUT2D eigenvalue weighted by atomic mass is 19.3. The van der Waals surface area contributed by atoms with Gasteiger partial charge < -0.3 is 9.15 Å². The first-order valence-corrected chi connectivity index (χ1v) is 6.94. The predicted molar refractivity (Wildman–Crippen MR) is 79.8 cm³/mol. The molecule has 0 fully saturated rings. The maximum absolute atomic E-state index is 12.8. The van der Waals surface area contributed by atoms with Gasteiger partial charge in [0.25, 0.3) is 0 Å². The first kappa shape index (κ1) is 15.2. The Bertz CT molecular complexity index is 915. The van der Waals surface area contributed by atoms with Crippen molar-refractivity contribution >= 4 is 11.0 Å². The zero-order chi connectivity index (χ0) is 16.6. The zero-order valence-corrected chi connectivity index (χ0v) is 12.5. The summed E-state index contributed by atoms with van der Waals surface area (Å²) in [4.78, 5) is 15.4. The van der Waals surface area contributed by atoms with E-state index in [1.807, 2.05) is 6.92 Å². The van der Waals surface area contributed by atoms with Gasteiger partial charge >= 0.3 is 12.2 Å². The molecule has 3 aromatic rings. The van der Waals surface area contributed by atoms with E-state index in [9.17, 15) is 13.6 Å². The molecule has 0 amide bonds. The lowest BCUT2D eigenvalue weighted by atomic mass is 10.1. The van der Waals surface area contributed by atoms with Crippen LogP contribution in [0.25, 0.3) is 11.0 Å². The van der Waals surface area contributed by atoms with E-state index in [1.54, 1.807) is 19.1 Å². The quantitative estimate of drug-likeness (QED) is 0.690. The Balaban J connectivity index is 1.93. The maximum Gasteiger partial charge on any atom is 0.336 e. The van der Waals surface area contributed by atoms with Gasteiger partial charge in [-0.3, -0.25) is 4.57 Å². The summed E-state index contributed by atoms with van der Waals surface area (Å²) in [5.41, 5.74) is 1.44. The van der Waals surface area contributed by atoms with Crippen molar-refractivity contribution in [3.63, 3.8) is 0 Å². The molecule has 1 aromatic carbocycles. The number of aromatic nitrogens is 2. The summed E-state index contributed by atoms with van der Waals surface area (Å²) in [5, 5.41) is 0.809. The average molecular weight is 320 g/mol. The third-order valence-electron chi connectivity index (χ3n) is 3.63. The van der Waals surface area contributed by atoms with Gasteiger partial charge in [-0.1, -0.05) is 0 Å². The van der Waals surface area contributed by atoms with Crippen molar-refractivity contribution in [2.45, 2.75) is 27.0 Å². The number of imidazole rings is 1. The Morgan fingerprint density at radius 3 is 2.87 bits per heavy atom. The fraction of sp³-hybridized carbons (Fsp3) is 0.250. The van der Waals surface area contributed by atoms with Crippen LogP contribution in [0.2, 0.25) is 0 Å². The fourth-order valence-electron chi connectivity index (χ4n) is 2.43. The van der Waals surface area contributed by atoms with Crippen LogP contribution in [0.4, 0.5) is 8.78 Å². The Hall–Kier alpha value is -2.70. The van der Waals surface area contributed by atoms with Crippen molar-refractivity contribution in [1.82, 2.24) is 9.55 Å². The lowest BCUT2D eigenvalue weighted by Gasteiger charge is -2.12. The molecule has 0 aliphatic carbocycles. The summed E-state index contributed by atoms with van der Waals surface area (Å²) in [6.07, 6.45) is 2.49. The van der Waals surface area contributed by atoms with Gasteiger partial charge in [-0.2, -0.15) is 8.78 Å². The Morgan fingerprint density at radius 2 is 2.13 bits per heavy atom. The number of alkyl halides is 2. The normalized spacial score (nSPS) is 11.3. The standard InChI is InChI=1S/C16H14F2N2O3/c1-9-7-14(21)23-15-10(2)12(4-3-11(9)15)22-8-13-19-5-6-20(13)16(17)18/h3-7,16H,8H2,1-2H3. The molecule has 0 aliphatic rings. The van der Waals surface area contributed by atoms with Crippen molar-refractivity contribution in [3.8, 4) is 5.75 Å². The highest BCUT2D eigenvalue weighted by Gasteiger charge is 2.14. The summed E-state index contributed by atoms with van der Waals surface area (Å²) in [6, 6.07) is 4.91. The lowest BCUT2D eigenvalue weighted by molar-refractivity contribution is 0.0632. The molecule has 0 saturated carbocycles. The van der Waals surface area contributed by atoms with E-state index in [0.29, 0.717) is 16.9 Å². The van der Waals surface area contributed by atoms with Gasteiger partial charge in [0.05, 0.1) is 0 Å². The van der Waals surface area contributed by atoms with Crippen LogP contribution in [0.5, 0.6) is 5.75 Å². The third kappa shape index (κ3) is 2.81. The minimum absolute atomic E-state index is 0.111. The smallest absolute Gasteiger partial charge is 0.336 e.